The fourth-order valence-electron chi connectivity index (χ4n) is 1.89. The zero-order valence-corrected chi connectivity index (χ0v) is 11.2. The zero-order valence-electron chi connectivity index (χ0n) is 11.2. The molecule has 1 aromatic heterocycles. The number of pyridine rings is 1. The Hall–Kier alpha value is -2.04. The Morgan fingerprint density at radius 1 is 1.15 bits per heavy atom. The van der Waals surface area contributed by atoms with Gasteiger partial charge in [-0.2, -0.15) is 13.2 Å². The summed E-state index contributed by atoms with van der Waals surface area (Å²) in [5.41, 5.74) is 1.36. The molecule has 0 bridgehead atoms. The van der Waals surface area contributed by atoms with Gasteiger partial charge in [0.25, 0.3) is 0 Å². The maximum Gasteiger partial charge on any atom is 0.416 e. The molecule has 0 amide bonds. The Morgan fingerprint density at radius 3 is 2.50 bits per heavy atom. The number of halogens is 3. The Morgan fingerprint density at radius 2 is 1.90 bits per heavy atom. The van der Waals surface area contributed by atoms with Crippen LogP contribution in [0.4, 0.5) is 18.9 Å². The quantitative estimate of drug-likeness (QED) is 0.890. The normalized spacial score (nSPS) is 13.1. The van der Waals surface area contributed by atoms with Gasteiger partial charge >= 0.3 is 6.18 Å². The molecule has 0 saturated carbocycles. The minimum atomic E-state index is -4.33. The second-order valence-electron chi connectivity index (χ2n) is 4.65. The molecule has 2 aromatic rings. The lowest BCUT2D eigenvalue weighted by Gasteiger charge is -2.18. The number of hydrogen-bond donors (Lipinski definition) is 1. The van der Waals surface area contributed by atoms with E-state index in [-0.39, 0.29) is 6.04 Å². The third kappa shape index (κ3) is 3.29. The minimum absolute atomic E-state index is 0.168. The van der Waals surface area contributed by atoms with E-state index in [1.165, 1.54) is 6.07 Å². The highest BCUT2D eigenvalue weighted by Crippen LogP contribution is 2.32. The second kappa shape index (κ2) is 5.53. The summed E-state index contributed by atoms with van der Waals surface area (Å²) < 4.78 is 38.2. The summed E-state index contributed by atoms with van der Waals surface area (Å²) in [4.78, 5) is 4.19. The zero-order chi connectivity index (χ0) is 14.8. The predicted octanol–water partition coefficient (Wildman–Crippen LogP) is 4.58. The van der Waals surface area contributed by atoms with E-state index >= 15 is 0 Å². The molecule has 0 aliphatic carbocycles. The van der Waals surface area contributed by atoms with Crippen molar-refractivity contribution in [3.63, 3.8) is 0 Å². The van der Waals surface area contributed by atoms with Crippen molar-refractivity contribution < 1.29 is 13.2 Å². The summed E-state index contributed by atoms with van der Waals surface area (Å²) in [5, 5.41) is 3.08. The molecule has 0 fully saturated rings. The molecule has 1 atom stereocenters. The molecule has 1 heterocycles. The van der Waals surface area contributed by atoms with E-state index in [1.807, 2.05) is 19.1 Å². The van der Waals surface area contributed by atoms with Gasteiger partial charge in [0.1, 0.15) is 0 Å². The lowest BCUT2D eigenvalue weighted by atomic mass is 10.1. The maximum absolute atomic E-state index is 12.7. The molecule has 0 radical (unpaired) electrons. The highest BCUT2D eigenvalue weighted by Gasteiger charge is 2.30. The predicted molar refractivity (Wildman–Crippen MR) is 72.5 cm³/mol. The molecular formula is C15H15F3N2. The molecule has 1 N–H and O–H groups in total. The smallest absolute Gasteiger partial charge is 0.377 e. The largest absolute Gasteiger partial charge is 0.416 e. The van der Waals surface area contributed by atoms with E-state index in [2.05, 4.69) is 10.3 Å². The van der Waals surface area contributed by atoms with Crippen LogP contribution in [0.25, 0.3) is 0 Å². The van der Waals surface area contributed by atoms with Gasteiger partial charge in [-0.05, 0) is 43.7 Å². The first-order chi connectivity index (χ1) is 9.38. The maximum atomic E-state index is 12.7. The first-order valence-electron chi connectivity index (χ1n) is 6.23. The van der Waals surface area contributed by atoms with Crippen LogP contribution in [-0.2, 0) is 6.18 Å². The van der Waals surface area contributed by atoms with Gasteiger partial charge in [-0.15, -0.1) is 0 Å². The molecule has 2 nitrogen and oxygen atoms in total. The Balaban J connectivity index is 2.25. The number of hydrogen-bond acceptors (Lipinski definition) is 2. The highest BCUT2D eigenvalue weighted by molar-refractivity contribution is 5.54. The number of benzene rings is 1. The number of anilines is 1. The third-order valence-electron chi connectivity index (χ3n) is 3.07. The van der Waals surface area contributed by atoms with Crippen molar-refractivity contribution in [2.45, 2.75) is 26.1 Å². The number of alkyl halides is 3. The van der Waals surface area contributed by atoms with Gasteiger partial charge in [0, 0.05) is 11.9 Å². The average Bonchev–Trinajstić information content (AvgIpc) is 2.41. The van der Waals surface area contributed by atoms with Crippen molar-refractivity contribution in [2.24, 2.45) is 0 Å². The lowest BCUT2D eigenvalue weighted by molar-refractivity contribution is -0.137. The fraction of sp³-hybridized carbons (Fsp3) is 0.267. The fourth-order valence-corrected chi connectivity index (χ4v) is 1.89. The first kappa shape index (κ1) is 14.4. The molecule has 2 rings (SSSR count). The van der Waals surface area contributed by atoms with Crippen molar-refractivity contribution in [3.8, 4) is 0 Å². The van der Waals surface area contributed by atoms with Gasteiger partial charge < -0.3 is 5.32 Å². The van der Waals surface area contributed by atoms with Crippen LogP contribution >= 0.6 is 0 Å². The van der Waals surface area contributed by atoms with Crippen molar-refractivity contribution in [3.05, 3.63) is 59.4 Å². The van der Waals surface area contributed by atoms with Gasteiger partial charge in [0.2, 0.25) is 0 Å². The lowest BCUT2D eigenvalue weighted by Crippen LogP contribution is -2.11. The van der Waals surface area contributed by atoms with Crippen LogP contribution < -0.4 is 5.32 Å². The van der Waals surface area contributed by atoms with Crippen molar-refractivity contribution in [1.29, 1.82) is 0 Å². The van der Waals surface area contributed by atoms with Crippen molar-refractivity contribution >= 4 is 5.69 Å². The molecule has 20 heavy (non-hydrogen) atoms. The van der Waals surface area contributed by atoms with Crippen LogP contribution in [0.2, 0.25) is 0 Å². The van der Waals surface area contributed by atoms with E-state index in [0.29, 0.717) is 5.69 Å². The summed E-state index contributed by atoms with van der Waals surface area (Å²) >= 11 is 0. The molecule has 0 spiro atoms. The summed E-state index contributed by atoms with van der Waals surface area (Å²) in [7, 11) is 0. The van der Waals surface area contributed by atoms with Crippen LogP contribution in [0.5, 0.6) is 0 Å². The minimum Gasteiger partial charge on any atom is -0.377 e. The van der Waals surface area contributed by atoms with E-state index in [0.717, 1.165) is 23.4 Å². The van der Waals surface area contributed by atoms with Crippen LogP contribution in [0.3, 0.4) is 0 Å². The SMILES string of the molecule is Cc1ccc(C(F)(F)F)cc1NC(C)c1ccccn1. The van der Waals surface area contributed by atoms with Crippen LogP contribution in [0, 0.1) is 6.92 Å². The number of nitrogens with zero attached hydrogens (tertiary/aromatic N) is 1. The van der Waals surface area contributed by atoms with Crippen molar-refractivity contribution in [1.82, 2.24) is 4.98 Å². The molecule has 0 aliphatic rings. The van der Waals surface area contributed by atoms with Gasteiger partial charge in [-0.25, -0.2) is 0 Å². The molecular weight excluding hydrogens is 265 g/mol. The van der Waals surface area contributed by atoms with E-state index < -0.39 is 11.7 Å². The average molecular weight is 280 g/mol. The number of rotatable bonds is 3. The molecule has 5 heteroatoms. The van der Waals surface area contributed by atoms with Crippen molar-refractivity contribution in [2.75, 3.05) is 5.32 Å². The summed E-state index contributed by atoms with van der Waals surface area (Å²) in [6.07, 6.45) is -2.68. The van der Waals surface area contributed by atoms with Gasteiger partial charge in [-0.3, -0.25) is 4.98 Å². The Kier molecular flexibility index (Phi) is 3.97. The highest BCUT2D eigenvalue weighted by atomic mass is 19.4. The van der Waals surface area contributed by atoms with Gasteiger partial charge in [-0.1, -0.05) is 12.1 Å². The number of nitrogens with one attached hydrogen (secondary N) is 1. The number of aromatic nitrogens is 1. The van der Waals surface area contributed by atoms with E-state index in [1.54, 1.807) is 19.2 Å². The topological polar surface area (TPSA) is 24.9 Å². The van der Waals surface area contributed by atoms with Crippen LogP contribution in [0.15, 0.2) is 42.6 Å². The third-order valence-corrected chi connectivity index (χ3v) is 3.07. The van der Waals surface area contributed by atoms with Crippen LogP contribution in [-0.4, -0.2) is 4.98 Å². The van der Waals surface area contributed by atoms with Crippen LogP contribution in [0.1, 0.15) is 29.8 Å². The molecule has 0 aliphatic heterocycles. The van der Waals surface area contributed by atoms with Gasteiger partial charge in [0.05, 0.1) is 17.3 Å². The Labute approximate surface area is 115 Å². The monoisotopic (exact) mass is 280 g/mol. The Bertz CT molecular complexity index is 579. The van der Waals surface area contributed by atoms with Gasteiger partial charge in [0.15, 0.2) is 0 Å². The first-order valence-corrected chi connectivity index (χ1v) is 6.23. The summed E-state index contributed by atoms with van der Waals surface area (Å²) in [5.74, 6) is 0. The molecule has 0 saturated heterocycles. The summed E-state index contributed by atoms with van der Waals surface area (Å²) in [6.45, 7) is 3.63. The number of aryl methyl sites for hydroxylation is 1. The molecule has 106 valence electrons. The summed E-state index contributed by atoms with van der Waals surface area (Å²) in [6, 6.07) is 9.00. The molecule has 1 unspecified atom stereocenters. The van der Waals surface area contributed by atoms with E-state index in [4.69, 9.17) is 0 Å². The van der Waals surface area contributed by atoms with E-state index in [9.17, 15) is 13.2 Å². The standard InChI is InChI=1S/C15H15F3N2/c1-10-6-7-12(15(16,17)18)9-14(10)20-11(2)13-5-3-4-8-19-13/h3-9,11,20H,1-2H3. The molecule has 1 aromatic carbocycles. The second-order valence-corrected chi connectivity index (χ2v) is 4.65.